The Morgan fingerprint density at radius 3 is 2.11 bits per heavy atom. The van der Waals surface area contributed by atoms with Crippen molar-refractivity contribution in [3.8, 4) is 0 Å². The van der Waals surface area contributed by atoms with Gasteiger partial charge in [-0.2, -0.15) is 0 Å². The SMILES string of the molecule is O=Cc1cc(F)c(N2CCN(C3CC3)CC2)c(F)c1. The molecule has 0 amide bonds. The molecule has 1 aromatic rings. The van der Waals surface area contributed by atoms with Gasteiger partial charge in [0.25, 0.3) is 0 Å². The lowest BCUT2D eigenvalue weighted by Crippen LogP contribution is -2.47. The van der Waals surface area contributed by atoms with E-state index < -0.39 is 11.6 Å². The first-order chi connectivity index (χ1) is 9.19. The second kappa shape index (κ2) is 4.89. The number of halogens is 2. The van der Waals surface area contributed by atoms with Gasteiger partial charge >= 0.3 is 0 Å². The van der Waals surface area contributed by atoms with E-state index in [4.69, 9.17) is 0 Å². The smallest absolute Gasteiger partial charge is 0.150 e. The Morgan fingerprint density at radius 2 is 1.63 bits per heavy atom. The standard InChI is InChI=1S/C14H16F2N2O/c15-12-7-10(9-19)8-13(16)14(12)18-5-3-17(4-6-18)11-1-2-11/h7-9,11H,1-6H2. The first-order valence-electron chi connectivity index (χ1n) is 6.62. The van der Waals surface area contributed by atoms with Crippen molar-refractivity contribution in [3.05, 3.63) is 29.3 Å². The highest BCUT2D eigenvalue weighted by molar-refractivity contribution is 5.76. The highest BCUT2D eigenvalue weighted by atomic mass is 19.1. The summed E-state index contributed by atoms with van der Waals surface area (Å²) in [5.74, 6) is -1.30. The Bertz CT molecular complexity index is 471. The number of piperazine rings is 1. The number of rotatable bonds is 3. The van der Waals surface area contributed by atoms with E-state index in [1.165, 1.54) is 12.8 Å². The summed E-state index contributed by atoms with van der Waals surface area (Å²) in [7, 11) is 0. The summed E-state index contributed by atoms with van der Waals surface area (Å²) >= 11 is 0. The Morgan fingerprint density at radius 1 is 1.05 bits per heavy atom. The predicted octanol–water partition coefficient (Wildman–Crippen LogP) is 2.06. The van der Waals surface area contributed by atoms with Gasteiger partial charge in [-0.15, -0.1) is 0 Å². The molecule has 3 nitrogen and oxygen atoms in total. The highest BCUT2D eigenvalue weighted by Gasteiger charge is 2.32. The van der Waals surface area contributed by atoms with Gasteiger partial charge in [-0.05, 0) is 25.0 Å². The third-order valence-electron chi connectivity index (χ3n) is 3.87. The maximum Gasteiger partial charge on any atom is 0.150 e. The Kier molecular flexibility index (Phi) is 3.22. The summed E-state index contributed by atoms with van der Waals surface area (Å²) in [5.41, 5.74) is 0.0383. The average Bonchev–Trinajstić information content (AvgIpc) is 3.23. The number of nitrogens with zero attached hydrogens (tertiary/aromatic N) is 2. The second-order valence-corrected chi connectivity index (χ2v) is 5.21. The molecule has 1 aromatic carbocycles. The zero-order chi connectivity index (χ0) is 13.4. The lowest BCUT2D eigenvalue weighted by Gasteiger charge is -2.36. The fourth-order valence-corrected chi connectivity index (χ4v) is 2.71. The molecule has 0 aromatic heterocycles. The van der Waals surface area contributed by atoms with Gasteiger partial charge in [0.2, 0.25) is 0 Å². The van der Waals surface area contributed by atoms with E-state index in [0.29, 0.717) is 25.4 Å². The molecule has 1 aliphatic carbocycles. The van der Waals surface area contributed by atoms with E-state index in [1.54, 1.807) is 4.90 Å². The van der Waals surface area contributed by atoms with E-state index >= 15 is 0 Å². The summed E-state index contributed by atoms with van der Waals surface area (Å²) in [6, 6.07) is 2.88. The van der Waals surface area contributed by atoms with Gasteiger partial charge in [-0.3, -0.25) is 9.69 Å². The summed E-state index contributed by atoms with van der Waals surface area (Å²) < 4.78 is 27.8. The van der Waals surface area contributed by atoms with Crippen LogP contribution in [0.25, 0.3) is 0 Å². The van der Waals surface area contributed by atoms with Gasteiger partial charge < -0.3 is 4.90 Å². The molecular weight excluding hydrogens is 250 g/mol. The molecule has 0 bridgehead atoms. The number of hydrogen-bond acceptors (Lipinski definition) is 3. The maximum atomic E-state index is 13.9. The van der Waals surface area contributed by atoms with Crippen molar-refractivity contribution in [2.24, 2.45) is 0 Å². The van der Waals surface area contributed by atoms with Gasteiger partial charge in [-0.1, -0.05) is 0 Å². The number of carbonyl (C=O) groups is 1. The van der Waals surface area contributed by atoms with Crippen LogP contribution in [-0.2, 0) is 0 Å². The lowest BCUT2D eigenvalue weighted by molar-refractivity contribution is 0.112. The molecule has 102 valence electrons. The number of anilines is 1. The van der Waals surface area contributed by atoms with Crippen LogP contribution in [0.4, 0.5) is 14.5 Å². The zero-order valence-electron chi connectivity index (χ0n) is 10.6. The van der Waals surface area contributed by atoms with Gasteiger partial charge in [0.1, 0.15) is 23.6 Å². The van der Waals surface area contributed by atoms with E-state index in [9.17, 15) is 13.6 Å². The molecule has 2 fully saturated rings. The highest BCUT2D eigenvalue weighted by Crippen LogP contribution is 2.30. The van der Waals surface area contributed by atoms with Gasteiger partial charge in [0.15, 0.2) is 0 Å². The van der Waals surface area contributed by atoms with Crippen molar-refractivity contribution in [3.63, 3.8) is 0 Å². The third-order valence-corrected chi connectivity index (χ3v) is 3.87. The van der Waals surface area contributed by atoms with Crippen LogP contribution < -0.4 is 4.90 Å². The molecule has 0 unspecified atom stereocenters. The first-order valence-corrected chi connectivity index (χ1v) is 6.62. The number of aldehydes is 1. The molecule has 1 heterocycles. The molecule has 1 aliphatic heterocycles. The van der Waals surface area contributed by atoms with Crippen LogP contribution in [0.5, 0.6) is 0 Å². The molecule has 1 saturated heterocycles. The molecule has 0 spiro atoms. The van der Waals surface area contributed by atoms with Gasteiger partial charge in [0.05, 0.1) is 0 Å². The normalized spacial score (nSPS) is 20.6. The van der Waals surface area contributed by atoms with Crippen LogP contribution in [0.15, 0.2) is 12.1 Å². The Balaban J connectivity index is 1.77. The predicted molar refractivity (Wildman–Crippen MR) is 68.6 cm³/mol. The molecule has 19 heavy (non-hydrogen) atoms. The van der Waals surface area contributed by atoms with Gasteiger partial charge in [0, 0.05) is 37.8 Å². The molecule has 1 saturated carbocycles. The Hall–Kier alpha value is -1.49. The summed E-state index contributed by atoms with van der Waals surface area (Å²) in [5, 5.41) is 0. The molecular formula is C14H16F2N2O. The van der Waals surface area contributed by atoms with Crippen LogP contribution in [0.1, 0.15) is 23.2 Å². The van der Waals surface area contributed by atoms with Crippen molar-refractivity contribution in [2.45, 2.75) is 18.9 Å². The minimum absolute atomic E-state index is 0.000969. The van der Waals surface area contributed by atoms with Crippen LogP contribution in [0, 0.1) is 11.6 Å². The molecule has 0 radical (unpaired) electrons. The summed E-state index contributed by atoms with van der Waals surface area (Å²) in [6.07, 6.45) is 2.95. The fraction of sp³-hybridized carbons (Fsp3) is 0.500. The van der Waals surface area contributed by atoms with Crippen LogP contribution in [-0.4, -0.2) is 43.4 Å². The number of benzene rings is 1. The lowest BCUT2D eigenvalue weighted by atomic mass is 10.1. The topological polar surface area (TPSA) is 23.6 Å². The number of hydrogen-bond donors (Lipinski definition) is 0. The van der Waals surface area contributed by atoms with Crippen LogP contribution in [0.2, 0.25) is 0 Å². The molecule has 0 N–H and O–H groups in total. The number of carbonyl (C=O) groups excluding carboxylic acids is 1. The van der Waals surface area contributed by atoms with Crippen LogP contribution in [0.3, 0.4) is 0 Å². The maximum absolute atomic E-state index is 13.9. The minimum atomic E-state index is -0.651. The molecule has 2 aliphatic rings. The minimum Gasteiger partial charge on any atom is -0.364 e. The van der Waals surface area contributed by atoms with Crippen molar-refractivity contribution < 1.29 is 13.6 Å². The second-order valence-electron chi connectivity index (χ2n) is 5.21. The quantitative estimate of drug-likeness (QED) is 0.782. The Labute approximate surface area is 110 Å². The fourth-order valence-electron chi connectivity index (χ4n) is 2.71. The van der Waals surface area contributed by atoms with E-state index in [1.807, 2.05) is 0 Å². The largest absolute Gasteiger partial charge is 0.364 e. The summed E-state index contributed by atoms with van der Waals surface area (Å²) in [4.78, 5) is 14.7. The molecule has 0 atom stereocenters. The monoisotopic (exact) mass is 266 g/mol. The molecule has 5 heteroatoms. The van der Waals surface area contributed by atoms with Crippen molar-refractivity contribution in [1.82, 2.24) is 4.90 Å². The summed E-state index contributed by atoms with van der Waals surface area (Å²) in [6.45, 7) is 2.95. The van der Waals surface area contributed by atoms with E-state index in [0.717, 1.165) is 25.2 Å². The molecule has 3 rings (SSSR count). The van der Waals surface area contributed by atoms with E-state index in [2.05, 4.69) is 4.90 Å². The first kappa shape index (κ1) is 12.5. The van der Waals surface area contributed by atoms with Crippen molar-refractivity contribution >= 4 is 12.0 Å². The zero-order valence-corrected chi connectivity index (χ0v) is 10.6. The van der Waals surface area contributed by atoms with Crippen molar-refractivity contribution in [1.29, 1.82) is 0 Å². The average molecular weight is 266 g/mol. The third kappa shape index (κ3) is 2.47. The van der Waals surface area contributed by atoms with E-state index in [-0.39, 0.29) is 11.3 Å². The van der Waals surface area contributed by atoms with Crippen molar-refractivity contribution in [2.75, 3.05) is 31.1 Å². The van der Waals surface area contributed by atoms with Crippen LogP contribution >= 0.6 is 0 Å². The van der Waals surface area contributed by atoms with Gasteiger partial charge in [-0.25, -0.2) is 8.78 Å².